The first-order chi connectivity index (χ1) is 12.5. The maximum Gasteiger partial charge on any atom is 0.305 e. The number of nitrogens with one attached hydrogen (secondary N) is 1. The highest BCUT2D eigenvalue weighted by atomic mass is 16.5. The number of aliphatic carboxylic acids is 1. The van der Waals surface area contributed by atoms with E-state index in [0.29, 0.717) is 31.9 Å². The molecule has 9 nitrogen and oxygen atoms in total. The fourth-order valence-corrected chi connectivity index (χ4v) is 2.96. The maximum absolute atomic E-state index is 12.7. The van der Waals surface area contributed by atoms with Crippen LogP contribution in [0.2, 0.25) is 0 Å². The molecule has 1 saturated heterocycles. The van der Waals surface area contributed by atoms with Gasteiger partial charge in [0.15, 0.2) is 0 Å². The predicted octanol–water partition coefficient (Wildman–Crippen LogP) is 1.04. The standard InChI is InChI=1S/C17H21N5O4/c1-12(22-20-15(19-21-22)13-5-3-2-4-6-13)16(25)18-17(11-14(23)24)7-9-26-10-8-17/h2-6,12H,7-11H2,1H3,(H,18,25)(H,23,24). The Kier molecular flexibility index (Phi) is 5.27. The normalized spacial score (nSPS) is 17.4. The molecule has 1 unspecified atom stereocenters. The number of hydrogen-bond acceptors (Lipinski definition) is 6. The van der Waals surface area contributed by atoms with Gasteiger partial charge in [0, 0.05) is 18.8 Å². The van der Waals surface area contributed by atoms with E-state index in [9.17, 15) is 14.7 Å². The summed E-state index contributed by atoms with van der Waals surface area (Å²) in [7, 11) is 0. The van der Waals surface area contributed by atoms with Crippen LogP contribution in [0.1, 0.15) is 32.2 Å². The summed E-state index contributed by atoms with van der Waals surface area (Å²) in [5, 5.41) is 24.3. The molecule has 1 atom stereocenters. The summed E-state index contributed by atoms with van der Waals surface area (Å²) < 4.78 is 5.30. The third kappa shape index (κ3) is 4.05. The third-order valence-electron chi connectivity index (χ3n) is 4.51. The quantitative estimate of drug-likeness (QED) is 0.791. The minimum absolute atomic E-state index is 0.144. The summed E-state index contributed by atoms with van der Waals surface area (Å²) in [6, 6.07) is 8.62. The molecule has 1 aliphatic heterocycles. The van der Waals surface area contributed by atoms with E-state index in [0.717, 1.165) is 5.56 Å². The zero-order chi connectivity index (χ0) is 18.6. The van der Waals surface area contributed by atoms with E-state index < -0.39 is 17.6 Å². The van der Waals surface area contributed by atoms with E-state index in [4.69, 9.17) is 4.74 Å². The zero-order valence-electron chi connectivity index (χ0n) is 14.5. The third-order valence-corrected chi connectivity index (χ3v) is 4.51. The molecule has 26 heavy (non-hydrogen) atoms. The van der Waals surface area contributed by atoms with E-state index in [1.165, 1.54) is 4.80 Å². The van der Waals surface area contributed by atoms with Crippen LogP contribution in [0, 0.1) is 0 Å². The molecule has 138 valence electrons. The monoisotopic (exact) mass is 359 g/mol. The Hall–Kier alpha value is -2.81. The number of benzene rings is 1. The van der Waals surface area contributed by atoms with Gasteiger partial charge in [0.25, 0.3) is 0 Å². The molecule has 1 aliphatic rings. The van der Waals surface area contributed by atoms with Crippen LogP contribution in [0.25, 0.3) is 11.4 Å². The lowest BCUT2D eigenvalue weighted by molar-refractivity contribution is -0.140. The van der Waals surface area contributed by atoms with Crippen LogP contribution in [-0.4, -0.2) is 55.9 Å². The molecule has 3 rings (SSSR count). The van der Waals surface area contributed by atoms with Gasteiger partial charge in [0.2, 0.25) is 11.7 Å². The van der Waals surface area contributed by atoms with E-state index in [2.05, 4.69) is 20.7 Å². The smallest absolute Gasteiger partial charge is 0.305 e. The molecule has 0 aliphatic carbocycles. The van der Waals surface area contributed by atoms with Gasteiger partial charge in [-0.3, -0.25) is 9.59 Å². The van der Waals surface area contributed by atoms with Crippen LogP contribution in [0.4, 0.5) is 0 Å². The van der Waals surface area contributed by atoms with E-state index >= 15 is 0 Å². The van der Waals surface area contributed by atoms with E-state index in [1.54, 1.807) is 6.92 Å². The Morgan fingerprint density at radius 2 is 2.00 bits per heavy atom. The first-order valence-electron chi connectivity index (χ1n) is 8.46. The summed E-state index contributed by atoms with van der Waals surface area (Å²) in [4.78, 5) is 25.1. The van der Waals surface area contributed by atoms with Gasteiger partial charge in [-0.15, -0.1) is 10.2 Å². The number of ether oxygens (including phenoxy) is 1. The summed E-state index contributed by atoms with van der Waals surface area (Å²) in [6.07, 6.45) is 0.768. The Morgan fingerprint density at radius 1 is 1.31 bits per heavy atom. The van der Waals surface area contributed by atoms with Crippen molar-refractivity contribution in [2.75, 3.05) is 13.2 Å². The van der Waals surface area contributed by atoms with Crippen molar-refractivity contribution in [1.29, 1.82) is 0 Å². The van der Waals surface area contributed by atoms with Crippen molar-refractivity contribution in [3.63, 3.8) is 0 Å². The summed E-state index contributed by atoms with van der Waals surface area (Å²) in [5.41, 5.74) is -0.00345. The molecule has 2 aromatic rings. The average molecular weight is 359 g/mol. The highest BCUT2D eigenvalue weighted by molar-refractivity contribution is 5.81. The van der Waals surface area contributed by atoms with Crippen molar-refractivity contribution < 1.29 is 19.4 Å². The number of rotatable bonds is 6. The summed E-state index contributed by atoms with van der Waals surface area (Å²) in [6.45, 7) is 2.49. The maximum atomic E-state index is 12.7. The predicted molar refractivity (Wildman–Crippen MR) is 91.1 cm³/mol. The van der Waals surface area contributed by atoms with Gasteiger partial charge in [0.1, 0.15) is 6.04 Å². The number of carbonyl (C=O) groups excluding carboxylic acids is 1. The second-order valence-corrected chi connectivity index (χ2v) is 6.43. The van der Waals surface area contributed by atoms with Crippen LogP contribution in [0.3, 0.4) is 0 Å². The molecule has 0 radical (unpaired) electrons. The molecule has 0 saturated carbocycles. The highest BCUT2D eigenvalue weighted by Crippen LogP contribution is 2.25. The lowest BCUT2D eigenvalue weighted by Crippen LogP contribution is -2.54. The van der Waals surface area contributed by atoms with Crippen LogP contribution < -0.4 is 5.32 Å². The number of aromatic nitrogens is 4. The molecule has 1 fully saturated rings. The van der Waals surface area contributed by atoms with Crippen molar-refractivity contribution in [2.45, 2.75) is 37.8 Å². The number of carboxylic acids is 1. The van der Waals surface area contributed by atoms with Gasteiger partial charge >= 0.3 is 5.97 Å². The second-order valence-electron chi connectivity index (χ2n) is 6.43. The largest absolute Gasteiger partial charge is 0.481 e. The fraction of sp³-hybridized carbons (Fsp3) is 0.471. The number of tetrazole rings is 1. The van der Waals surface area contributed by atoms with Crippen LogP contribution >= 0.6 is 0 Å². The zero-order valence-corrected chi connectivity index (χ0v) is 14.5. The molecule has 1 aromatic carbocycles. The lowest BCUT2D eigenvalue weighted by atomic mass is 9.86. The Morgan fingerprint density at radius 3 is 2.65 bits per heavy atom. The summed E-state index contributed by atoms with van der Waals surface area (Å²) in [5.74, 6) is -0.869. The van der Waals surface area contributed by atoms with Crippen molar-refractivity contribution in [2.24, 2.45) is 0 Å². The Labute approximate surface area is 150 Å². The molecule has 0 bridgehead atoms. The van der Waals surface area contributed by atoms with Crippen LogP contribution in [-0.2, 0) is 14.3 Å². The van der Waals surface area contributed by atoms with Crippen molar-refractivity contribution in [1.82, 2.24) is 25.5 Å². The van der Waals surface area contributed by atoms with Gasteiger partial charge in [-0.1, -0.05) is 30.3 Å². The number of amides is 1. The van der Waals surface area contributed by atoms with E-state index in [-0.39, 0.29) is 12.3 Å². The Bertz CT molecular complexity index is 770. The molecular formula is C17H21N5O4. The van der Waals surface area contributed by atoms with Crippen LogP contribution in [0.5, 0.6) is 0 Å². The lowest BCUT2D eigenvalue weighted by Gasteiger charge is -2.37. The first kappa shape index (κ1) is 18.0. The SMILES string of the molecule is CC(C(=O)NC1(CC(=O)O)CCOCC1)n1nnc(-c2ccccc2)n1. The molecular weight excluding hydrogens is 338 g/mol. The Balaban J connectivity index is 1.72. The molecule has 2 N–H and O–H groups in total. The molecule has 1 aromatic heterocycles. The van der Waals surface area contributed by atoms with E-state index in [1.807, 2.05) is 30.3 Å². The number of carboxylic acid groups (broad SMARTS) is 1. The fourth-order valence-electron chi connectivity index (χ4n) is 2.96. The van der Waals surface area contributed by atoms with Crippen molar-refractivity contribution in [3.8, 4) is 11.4 Å². The minimum Gasteiger partial charge on any atom is -0.481 e. The first-order valence-corrected chi connectivity index (χ1v) is 8.46. The van der Waals surface area contributed by atoms with Gasteiger partial charge in [-0.25, -0.2) is 0 Å². The molecule has 2 heterocycles. The van der Waals surface area contributed by atoms with Gasteiger partial charge < -0.3 is 15.2 Å². The van der Waals surface area contributed by atoms with Crippen molar-refractivity contribution >= 4 is 11.9 Å². The number of nitrogens with zero attached hydrogens (tertiary/aromatic N) is 4. The molecule has 0 spiro atoms. The summed E-state index contributed by atoms with van der Waals surface area (Å²) >= 11 is 0. The van der Waals surface area contributed by atoms with Crippen LogP contribution in [0.15, 0.2) is 30.3 Å². The topological polar surface area (TPSA) is 119 Å². The molecule has 9 heteroatoms. The van der Waals surface area contributed by atoms with Crippen molar-refractivity contribution in [3.05, 3.63) is 30.3 Å². The minimum atomic E-state index is -0.954. The van der Waals surface area contributed by atoms with Gasteiger partial charge in [-0.2, -0.15) is 4.80 Å². The van der Waals surface area contributed by atoms with Gasteiger partial charge in [-0.05, 0) is 25.0 Å². The van der Waals surface area contributed by atoms with Gasteiger partial charge in [0.05, 0.1) is 12.0 Å². The average Bonchev–Trinajstić information content (AvgIpc) is 3.12. The number of carbonyl (C=O) groups is 2. The number of hydrogen-bond donors (Lipinski definition) is 2. The highest BCUT2D eigenvalue weighted by Gasteiger charge is 2.37. The molecule has 1 amide bonds. The second kappa shape index (κ2) is 7.61.